The number of benzene rings is 1. The fourth-order valence-corrected chi connectivity index (χ4v) is 2.98. The minimum Gasteiger partial charge on any atom is -0.493 e. The SMILES string of the molecule is CCOc1ccccc1C(=O)CN1CCCC(CCO)C1. The summed E-state index contributed by atoms with van der Waals surface area (Å²) in [5.41, 5.74) is 0.670. The second kappa shape index (κ2) is 8.15. The second-order valence-electron chi connectivity index (χ2n) is 5.61. The standard InChI is InChI=1S/C17H25NO3/c1-2-21-17-8-4-3-7-15(17)16(20)13-18-10-5-6-14(12-18)9-11-19/h3-4,7-8,14,19H,2,5-6,9-13H2,1H3. The number of carbonyl (C=O) groups is 1. The van der Waals surface area contributed by atoms with Crippen molar-refractivity contribution in [3.05, 3.63) is 29.8 Å². The molecule has 4 heteroatoms. The molecule has 0 aliphatic carbocycles. The van der Waals surface area contributed by atoms with E-state index in [-0.39, 0.29) is 12.4 Å². The van der Waals surface area contributed by atoms with Gasteiger partial charge in [0.2, 0.25) is 0 Å². The maximum Gasteiger partial charge on any atom is 0.180 e. The van der Waals surface area contributed by atoms with Crippen LogP contribution in [0, 0.1) is 5.92 Å². The van der Waals surface area contributed by atoms with Crippen LogP contribution in [0.15, 0.2) is 24.3 Å². The molecule has 0 saturated carbocycles. The van der Waals surface area contributed by atoms with Crippen molar-refractivity contribution in [3.8, 4) is 5.75 Å². The summed E-state index contributed by atoms with van der Waals surface area (Å²) >= 11 is 0. The number of carbonyl (C=O) groups excluding carboxylic acids is 1. The molecule has 1 saturated heterocycles. The highest BCUT2D eigenvalue weighted by Crippen LogP contribution is 2.22. The van der Waals surface area contributed by atoms with Crippen LogP contribution in [-0.4, -0.2) is 48.6 Å². The molecule has 0 aromatic heterocycles. The zero-order chi connectivity index (χ0) is 15.1. The van der Waals surface area contributed by atoms with Gasteiger partial charge in [0.25, 0.3) is 0 Å². The molecule has 1 fully saturated rings. The zero-order valence-electron chi connectivity index (χ0n) is 12.8. The molecule has 2 rings (SSSR count). The Bertz CT molecular complexity index is 459. The predicted octanol–water partition coefficient (Wildman–Crippen LogP) is 2.36. The van der Waals surface area contributed by atoms with Crippen molar-refractivity contribution in [1.29, 1.82) is 0 Å². The highest BCUT2D eigenvalue weighted by molar-refractivity contribution is 6.00. The third-order valence-corrected chi connectivity index (χ3v) is 3.99. The van der Waals surface area contributed by atoms with Crippen molar-refractivity contribution < 1.29 is 14.6 Å². The molecular formula is C17H25NO3. The molecule has 1 aliphatic rings. The van der Waals surface area contributed by atoms with Crippen molar-refractivity contribution in [2.45, 2.75) is 26.2 Å². The predicted molar refractivity (Wildman–Crippen MR) is 82.8 cm³/mol. The molecule has 0 radical (unpaired) electrons. The molecule has 1 unspecified atom stereocenters. The van der Waals surface area contributed by atoms with Crippen molar-refractivity contribution in [2.24, 2.45) is 5.92 Å². The maximum absolute atomic E-state index is 12.5. The minimum atomic E-state index is 0.115. The molecule has 1 aliphatic heterocycles. The van der Waals surface area contributed by atoms with Crippen molar-refractivity contribution in [3.63, 3.8) is 0 Å². The number of hydrogen-bond acceptors (Lipinski definition) is 4. The lowest BCUT2D eigenvalue weighted by Gasteiger charge is -2.32. The Morgan fingerprint density at radius 2 is 2.24 bits per heavy atom. The molecule has 1 N–H and O–H groups in total. The van der Waals surface area contributed by atoms with Gasteiger partial charge in [-0.1, -0.05) is 12.1 Å². The zero-order valence-corrected chi connectivity index (χ0v) is 12.8. The van der Waals surface area contributed by atoms with E-state index in [1.807, 2.05) is 31.2 Å². The van der Waals surface area contributed by atoms with Gasteiger partial charge >= 0.3 is 0 Å². The molecule has 1 aromatic carbocycles. The second-order valence-corrected chi connectivity index (χ2v) is 5.61. The summed E-state index contributed by atoms with van der Waals surface area (Å²) in [4.78, 5) is 14.7. The number of nitrogens with zero attached hydrogens (tertiary/aromatic N) is 1. The first-order chi connectivity index (χ1) is 10.2. The molecule has 1 atom stereocenters. The Kier molecular flexibility index (Phi) is 6.21. The van der Waals surface area contributed by atoms with Gasteiger partial charge in [-0.2, -0.15) is 0 Å². The van der Waals surface area contributed by atoms with Crippen LogP contribution in [0.5, 0.6) is 5.75 Å². The molecule has 0 spiro atoms. The fraction of sp³-hybridized carbons (Fsp3) is 0.588. The largest absolute Gasteiger partial charge is 0.493 e. The first kappa shape index (κ1) is 16.0. The van der Waals surface area contributed by atoms with E-state index in [0.29, 0.717) is 30.4 Å². The highest BCUT2D eigenvalue weighted by Gasteiger charge is 2.22. The van der Waals surface area contributed by atoms with Crippen LogP contribution in [0.25, 0.3) is 0 Å². The van der Waals surface area contributed by atoms with Gasteiger partial charge in [0.1, 0.15) is 5.75 Å². The van der Waals surface area contributed by atoms with Crippen LogP contribution < -0.4 is 4.74 Å². The topological polar surface area (TPSA) is 49.8 Å². The van der Waals surface area contributed by atoms with E-state index in [4.69, 9.17) is 9.84 Å². The lowest BCUT2D eigenvalue weighted by atomic mass is 9.95. The van der Waals surface area contributed by atoms with Gasteiger partial charge in [-0.3, -0.25) is 9.69 Å². The number of aliphatic hydroxyl groups is 1. The van der Waals surface area contributed by atoms with E-state index >= 15 is 0 Å². The Hall–Kier alpha value is -1.39. The van der Waals surface area contributed by atoms with Crippen LogP contribution >= 0.6 is 0 Å². The Balaban J connectivity index is 1.97. The van der Waals surface area contributed by atoms with Gasteiger partial charge in [-0.05, 0) is 50.8 Å². The summed E-state index contributed by atoms with van der Waals surface area (Å²) in [5, 5.41) is 9.06. The van der Waals surface area contributed by atoms with Gasteiger partial charge in [-0.25, -0.2) is 0 Å². The molecule has 1 aromatic rings. The van der Waals surface area contributed by atoms with Gasteiger partial charge in [0.05, 0.1) is 18.7 Å². The number of Topliss-reactive ketones (excluding diaryl/α,β-unsaturated/α-hetero) is 1. The quantitative estimate of drug-likeness (QED) is 0.784. The van der Waals surface area contributed by atoms with Crippen LogP contribution in [0.2, 0.25) is 0 Å². The maximum atomic E-state index is 12.5. The van der Waals surface area contributed by atoms with Gasteiger partial charge in [0.15, 0.2) is 5.78 Å². The summed E-state index contributed by atoms with van der Waals surface area (Å²) in [5.74, 6) is 1.30. The number of rotatable bonds is 7. The Labute approximate surface area is 126 Å². The van der Waals surface area contributed by atoms with Crippen molar-refractivity contribution in [2.75, 3.05) is 32.8 Å². The van der Waals surface area contributed by atoms with E-state index in [1.165, 1.54) is 0 Å². The van der Waals surface area contributed by atoms with Crippen molar-refractivity contribution in [1.82, 2.24) is 4.90 Å². The average Bonchev–Trinajstić information content (AvgIpc) is 2.49. The smallest absolute Gasteiger partial charge is 0.180 e. The third-order valence-electron chi connectivity index (χ3n) is 3.99. The Morgan fingerprint density at radius 1 is 1.43 bits per heavy atom. The first-order valence-corrected chi connectivity index (χ1v) is 7.82. The summed E-state index contributed by atoms with van der Waals surface area (Å²) in [6, 6.07) is 7.45. The molecule has 0 amide bonds. The van der Waals surface area contributed by atoms with Gasteiger partial charge in [-0.15, -0.1) is 0 Å². The van der Waals surface area contributed by atoms with Crippen LogP contribution in [0.1, 0.15) is 36.5 Å². The summed E-state index contributed by atoms with van der Waals surface area (Å²) in [6.07, 6.45) is 3.09. The van der Waals surface area contributed by atoms with Crippen molar-refractivity contribution >= 4 is 5.78 Å². The number of aliphatic hydroxyl groups excluding tert-OH is 1. The number of piperidine rings is 1. The number of likely N-dealkylation sites (tertiary alicyclic amines) is 1. The molecule has 116 valence electrons. The van der Waals surface area contributed by atoms with E-state index < -0.39 is 0 Å². The average molecular weight is 291 g/mol. The summed E-state index contributed by atoms with van der Waals surface area (Å²) in [6.45, 7) is 5.02. The molecule has 0 bridgehead atoms. The van der Waals surface area contributed by atoms with E-state index in [1.54, 1.807) is 0 Å². The molecule has 4 nitrogen and oxygen atoms in total. The lowest BCUT2D eigenvalue weighted by Crippen LogP contribution is -2.39. The summed E-state index contributed by atoms with van der Waals surface area (Å²) in [7, 11) is 0. The number of ether oxygens (including phenoxy) is 1. The minimum absolute atomic E-state index is 0.115. The molecular weight excluding hydrogens is 266 g/mol. The molecule has 21 heavy (non-hydrogen) atoms. The van der Waals surface area contributed by atoms with Crippen LogP contribution in [-0.2, 0) is 0 Å². The lowest BCUT2D eigenvalue weighted by molar-refractivity contribution is 0.0868. The number of ketones is 1. The van der Waals surface area contributed by atoms with Gasteiger partial charge < -0.3 is 9.84 Å². The van der Waals surface area contributed by atoms with E-state index in [0.717, 1.165) is 32.4 Å². The summed E-state index contributed by atoms with van der Waals surface area (Å²) < 4.78 is 5.53. The van der Waals surface area contributed by atoms with E-state index in [9.17, 15) is 4.79 Å². The normalized spacial score (nSPS) is 19.4. The highest BCUT2D eigenvalue weighted by atomic mass is 16.5. The molecule has 1 heterocycles. The fourth-order valence-electron chi connectivity index (χ4n) is 2.98. The van der Waals surface area contributed by atoms with Crippen LogP contribution in [0.4, 0.5) is 0 Å². The monoisotopic (exact) mass is 291 g/mol. The van der Waals surface area contributed by atoms with Gasteiger partial charge in [0, 0.05) is 13.2 Å². The van der Waals surface area contributed by atoms with E-state index in [2.05, 4.69) is 4.90 Å². The third kappa shape index (κ3) is 4.55. The number of hydrogen-bond donors (Lipinski definition) is 1. The van der Waals surface area contributed by atoms with Crippen LogP contribution in [0.3, 0.4) is 0 Å². The Morgan fingerprint density at radius 3 is 3.00 bits per heavy atom. The number of para-hydroxylation sites is 1. The first-order valence-electron chi connectivity index (χ1n) is 7.82.